The van der Waals surface area contributed by atoms with Crippen molar-refractivity contribution in [3.63, 3.8) is 0 Å². The molecule has 1 aromatic rings. The summed E-state index contributed by atoms with van der Waals surface area (Å²) in [6.07, 6.45) is 1.03. The first-order valence-corrected chi connectivity index (χ1v) is 5.95. The minimum absolute atomic E-state index is 0.191. The number of hydrogen-bond acceptors (Lipinski definition) is 6. The molecule has 0 spiro atoms. The van der Waals surface area contributed by atoms with Crippen molar-refractivity contribution in [3.05, 3.63) is 22.4 Å². The second-order valence-electron chi connectivity index (χ2n) is 3.43. The van der Waals surface area contributed by atoms with Gasteiger partial charge >= 0.3 is 5.69 Å². The molecule has 0 saturated heterocycles. The summed E-state index contributed by atoms with van der Waals surface area (Å²) in [4.78, 5) is 13.1. The van der Waals surface area contributed by atoms with Gasteiger partial charge < -0.3 is 5.73 Å². The van der Waals surface area contributed by atoms with Crippen molar-refractivity contribution in [1.29, 1.82) is 0 Å². The normalized spacial score (nSPS) is 11.7. The summed E-state index contributed by atoms with van der Waals surface area (Å²) in [5, 5.41) is 9.89. The standard InChI is InChI=1S/C8H11N3O4S/c1-5(2)16(14,15)6-3-7(11(12)13)8(9)10-4-6/h3-5H,1-2H3,(H2,9,10). The number of aromatic nitrogens is 1. The number of nitro groups is 1. The van der Waals surface area contributed by atoms with E-state index in [-0.39, 0.29) is 10.7 Å². The lowest BCUT2D eigenvalue weighted by Crippen LogP contribution is -2.15. The van der Waals surface area contributed by atoms with Crippen LogP contribution in [0.5, 0.6) is 0 Å². The number of nitrogens with two attached hydrogens (primary N) is 1. The van der Waals surface area contributed by atoms with E-state index in [1.807, 2.05) is 0 Å². The molecule has 0 aliphatic heterocycles. The Morgan fingerprint density at radius 2 is 2.06 bits per heavy atom. The molecule has 0 fully saturated rings. The highest BCUT2D eigenvalue weighted by Gasteiger charge is 2.24. The third kappa shape index (κ3) is 2.11. The monoisotopic (exact) mass is 245 g/mol. The molecular weight excluding hydrogens is 234 g/mol. The molecule has 0 atom stereocenters. The number of anilines is 1. The van der Waals surface area contributed by atoms with Gasteiger partial charge in [-0.25, -0.2) is 13.4 Å². The van der Waals surface area contributed by atoms with Crippen molar-refractivity contribution in [2.24, 2.45) is 0 Å². The minimum atomic E-state index is -3.57. The number of sulfone groups is 1. The Kier molecular flexibility index (Phi) is 3.13. The second-order valence-corrected chi connectivity index (χ2v) is 5.93. The smallest absolute Gasteiger partial charge is 0.312 e. The molecule has 7 nitrogen and oxygen atoms in total. The first-order chi connectivity index (χ1) is 7.26. The molecule has 88 valence electrons. The van der Waals surface area contributed by atoms with Gasteiger partial charge in [0.2, 0.25) is 5.82 Å². The fourth-order valence-corrected chi connectivity index (χ4v) is 2.04. The summed E-state index contributed by atoms with van der Waals surface area (Å²) in [5.41, 5.74) is 4.76. The lowest BCUT2D eigenvalue weighted by atomic mass is 10.4. The van der Waals surface area contributed by atoms with E-state index in [1.165, 1.54) is 13.8 Å². The average molecular weight is 245 g/mol. The molecule has 0 aromatic carbocycles. The molecule has 2 N–H and O–H groups in total. The molecule has 1 aromatic heterocycles. The van der Waals surface area contributed by atoms with Crippen molar-refractivity contribution in [2.45, 2.75) is 24.0 Å². The van der Waals surface area contributed by atoms with E-state index in [9.17, 15) is 18.5 Å². The van der Waals surface area contributed by atoms with Crippen LogP contribution in [0.2, 0.25) is 0 Å². The van der Waals surface area contributed by atoms with Gasteiger partial charge in [-0.2, -0.15) is 0 Å². The average Bonchev–Trinajstić information content (AvgIpc) is 2.17. The van der Waals surface area contributed by atoms with Gasteiger partial charge in [0.1, 0.15) is 0 Å². The van der Waals surface area contributed by atoms with Crippen LogP contribution < -0.4 is 5.73 Å². The molecule has 0 radical (unpaired) electrons. The summed E-state index contributed by atoms with van der Waals surface area (Å²) in [7, 11) is -3.57. The Bertz CT molecular complexity index is 524. The van der Waals surface area contributed by atoms with Gasteiger partial charge in [0.05, 0.1) is 15.1 Å². The van der Waals surface area contributed by atoms with E-state index in [0.717, 1.165) is 12.3 Å². The third-order valence-electron chi connectivity index (χ3n) is 2.02. The van der Waals surface area contributed by atoms with Gasteiger partial charge in [-0.05, 0) is 13.8 Å². The van der Waals surface area contributed by atoms with E-state index in [0.29, 0.717) is 0 Å². The maximum atomic E-state index is 11.7. The second kappa shape index (κ2) is 4.05. The lowest BCUT2D eigenvalue weighted by molar-refractivity contribution is -0.384. The topological polar surface area (TPSA) is 116 Å². The Balaban J connectivity index is 3.40. The first kappa shape index (κ1) is 12.4. The summed E-state index contributed by atoms with van der Waals surface area (Å²) >= 11 is 0. The van der Waals surface area contributed by atoms with Crippen LogP contribution in [0.25, 0.3) is 0 Å². The number of hydrogen-bond donors (Lipinski definition) is 1. The molecule has 0 amide bonds. The predicted molar refractivity (Wildman–Crippen MR) is 57.6 cm³/mol. The molecule has 0 bridgehead atoms. The first-order valence-electron chi connectivity index (χ1n) is 4.40. The molecule has 0 saturated carbocycles. The maximum Gasteiger partial charge on any atom is 0.312 e. The van der Waals surface area contributed by atoms with E-state index in [4.69, 9.17) is 5.73 Å². The highest BCUT2D eigenvalue weighted by atomic mass is 32.2. The predicted octanol–water partition coefficient (Wildman–Crippen LogP) is 0.754. The zero-order valence-corrected chi connectivity index (χ0v) is 9.56. The van der Waals surface area contributed by atoms with E-state index in [1.54, 1.807) is 0 Å². The highest BCUT2D eigenvalue weighted by Crippen LogP contribution is 2.24. The van der Waals surface area contributed by atoms with Crippen LogP contribution in [0.15, 0.2) is 17.2 Å². The molecule has 8 heteroatoms. The molecule has 0 aliphatic carbocycles. The largest absolute Gasteiger partial charge is 0.378 e. The summed E-state index contributed by atoms with van der Waals surface area (Å²) in [5.74, 6) is -0.298. The highest BCUT2D eigenvalue weighted by molar-refractivity contribution is 7.92. The minimum Gasteiger partial charge on any atom is -0.378 e. The summed E-state index contributed by atoms with van der Waals surface area (Å²) in [6.45, 7) is 2.97. The Labute approximate surface area is 92.4 Å². The molecule has 0 unspecified atom stereocenters. The SMILES string of the molecule is CC(C)S(=O)(=O)c1cnc(N)c([N+](=O)[O-])c1. The van der Waals surface area contributed by atoms with E-state index < -0.39 is 25.7 Å². The van der Waals surface area contributed by atoms with E-state index >= 15 is 0 Å². The zero-order chi connectivity index (χ0) is 12.5. The molecule has 1 rings (SSSR count). The number of pyridine rings is 1. The summed E-state index contributed by atoms with van der Waals surface area (Å²) < 4.78 is 23.4. The Morgan fingerprint density at radius 3 is 2.50 bits per heavy atom. The van der Waals surface area contributed by atoms with Crippen molar-refractivity contribution >= 4 is 21.3 Å². The van der Waals surface area contributed by atoms with E-state index in [2.05, 4.69) is 4.98 Å². The van der Waals surface area contributed by atoms with Crippen LogP contribution in [0.3, 0.4) is 0 Å². The fraction of sp³-hybridized carbons (Fsp3) is 0.375. The van der Waals surface area contributed by atoms with Crippen molar-refractivity contribution in [3.8, 4) is 0 Å². The van der Waals surface area contributed by atoms with Gasteiger partial charge in [-0.1, -0.05) is 0 Å². The zero-order valence-electron chi connectivity index (χ0n) is 8.75. The third-order valence-corrected chi connectivity index (χ3v) is 4.14. The molecule has 16 heavy (non-hydrogen) atoms. The van der Waals surface area contributed by atoms with Crippen LogP contribution in [-0.2, 0) is 9.84 Å². The number of rotatable bonds is 3. The fourth-order valence-electron chi connectivity index (χ4n) is 1.02. The van der Waals surface area contributed by atoms with Crippen LogP contribution >= 0.6 is 0 Å². The molecule has 1 heterocycles. The van der Waals surface area contributed by atoms with Gasteiger partial charge in [0.25, 0.3) is 0 Å². The van der Waals surface area contributed by atoms with Crippen molar-refractivity contribution < 1.29 is 13.3 Å². The van der Waals surface area contributed by atoms with Crippen LogP contribution in [-0.4, -0.2) is 23.6 Å². The van der Waals surface area contributed by atoms with Crippen molar-refractivity contribution in [2.75, 3.05) is 5.73 Å². The van der Waals surface area contributed by atoms with Gasteiger partial charge in [-0.15, -0.1) is 0 Å². The quantitative estimate of drug-likeness (QED) is 0.620. The number of nitrogen functional groups attached to an aromatic ring is 1. The number of nitrogens with zero attached hydrogens (tertiary/aromatic N) is 2. The van der Waals surface area contributed by atoms with Crippen molar-refractivity contribution in [1.82, 2.24) is 4.98 Å². The van der Waals surface area contributed by atoms with Gasteiger partial charge in [0.15, 0.2) is 9.84 Å². The lowest BCUT2D eigenvalue weighted by Gasteiger charge is -2.07. The van der Waals surface area contributed by atoms with Gasteiger partial charge in [0, 0.05) is 12.3 Å². The molecular formula is C8H11N3O4S. The van der Waals surface area contributed by atoms with Crippen LogP contribution in [0.4, 0.5) is 11.5 Å². The maximum absolute atomic E-state index is 11.7. The van der Waals surface area contributed by atoms with Crippen LogP contribution in [0.1, 0.15) is 13.8 Å². The Morgan fingerprint density at radius 1 is 1.50 bits per heavy atom. The summed E-state index contributed by atoms with van der Waals surface area (Å²) in [6, 6.07) is 0.928. The molecule has 0 aliphatic rings. The van der Waals surface area contributed by atoms with Crippen LogP contribution in [0, 0.1) is 10.1 Å². The van der Waals surface area contributed by atoms with Gasteiger partial charge in [-0.3, -0.25) is 10.1 Å². The Hall–Kier alpha value is -1.70.